The third kappa shape index (κ3) is 4.82. The Balaban J connectivity index is 2.07. The Bertz CT molecular complexity index is 716. The van der Waals surface area contributed by atoms with E-state index in [2.05, 4.69) is 0 Å². The number of amides is 1. The van der Waals surface area contributed by atoms with Crippen molar-refractivity contribution < 1.29 is 23.1 Å². The van der Waals surface area contributed by atoms with Crippen LogP contribution in [-0.2, 0) is 17.4 Å². The average molecular weight is 351 g/mol. The quantitative estimate of drug-likeness (QED) is 0.889. The van der Waals surface area contributed by atoms with Gasteiger partial charge in [0.25, 0.3) is 0 Å². The molecule has 1 amide bonds. The maximum absolute atomic E-state index is 12.8. The normalized spacial score (nSPS) is 14.0. The summed E-state index contributed by atoms with van der Waals surface area (Å²) >= 11 is 0. The molecule has 25 heavy (non-hydrogen) atoms. The van der Waals surface area contributed by atoms with E-state index in [1.54, 1.807) is 31.2 Å². The highest BCUT2D eigenvalue weighted by Gasteiger charge is 2.31. The zero-order chi connectivity index (χ0) is 18.6. The standard InChI is InChI=1S/C19H20F3NO2/c1-13(18(25)15-8-4-3-5-9-15)23(2)17(24)12-14-7-6-10-16(11-14)19(20,21)22/h3-11,13,18,25H,12H2,1-2H3. The highest BCUT2D eigenvalue weighted by molar-refractivity contribution is 5.79. The van der Waals surface area contributed by atoms with E-state index in [1.807, 2.05) is 6.07 Å². The molecule has 0 aliphatic rings. The molecule has 0 saturated carbocycles. The first-order chi connectivity index (χ1) is 11.7. The molecular formula is C19H20F3NO2. The lowest BCUT2D eigenvalue weighted by Gasteiger charge is -2.29. The van der Waals surface area contributed by atoms with Gasteiger partial charge in [0, 0.05) is 7.05 Å². The Hall–Kier alpha value is -2.34. The fraction of sp³-hybridized carbons (Fsp3) is 0.316. The van der Waals surface area contributed by atoms with Crippen LogP contribution in [0.25, 0.3) is 0 Å². The number of hydrogen-bond acceptors (Lipinski definition) is 2. The highest BCUT2D eigenvalue weighted by atomic mass is 19.4. The third-order valence-corrected chi connectivity index (χ3v) is 4.21. The molecule has 6 heteroatoms. The fourth-order valence-corrected chi connectivity index (χ4v) is 2.52. The summed E-state index contributed by atoms with van der Waals surface area (Å²) in [5, 5.41) is 10.4. The van der Waals surface area contributed by atoms with Crippen molar-refractivity contribution in [2.24, 2.45) is 0 Å². The molecule has 0 aromatic heterocycles. The molecule has 0 aliphatic heterocycles. The van der Waals surface area contributed by atoms with E-state index in [0.29, 0.717) is 5.56 Å². The fourth-order valence-electron chi connectivity index (χ4n) is 2.52. The largest absolute Gasteiger partial charge is 0.416 e. The number of aliphatic hydroxyl groups excluding tert-OH is 1. The van der Waals surface area contributed by atoms with Crippen LogP contribution in [0.2, 0.25) is 0 Å². The molecule has 2 aromatic carbocycles. The van der Waals surface area contributed by atoms with Gasteiger partial charge < -0.3 is 10.0 Å². The number of carbonyl (C=O) groups is 1. The number of halogens is 3. The summed E-state index contributed by atoms with van der Waals surface area (Å²) in [6.45, 7) is 1.70. The highest BCUT2D eigenvalue weighted by Crippen LogP contribution is 2.29. The van der Waals surface area contributed by atoms with E-state index >= 15 is 0 Å². The van der Waals surface area contributed by atoms with Gasteiger partial charge in [0.15, 0.2) is 0 Å². The lowest BCUT2D eigenvalue weighted by molar-refractivity contribution is -0.138. The molecular weight excluding hydrogens is 331 g/mol. The van der Waals surface area contributed by atoms with Crippen molar-refractivity contribution >= 4 is 5.91 Å². The van der Waals surface area contributed by atoms with E-state index in [9.17, 15) is 23.1 Å². The van der Waals surface area contributed by atoms with Crippen molar-refractivity contribution in [2.75, 3.05) is 7.05 Å². The second-order valence-electron chi connectivity index (χ2n) is 5.98. The van der Waals surface area contributed by atoms with Crippen molar-refractivity contribution in [3.63, 3.8) is 0 Å². The summed E-state index contributed by atoms with van der Waals surface area (Å²) in [7, 11) is 1.53. The molecule has 2 rings (SSSR count). The maximum atomic E-state index is 12.8. The molecule has 0 fully saturated rings. The number of hydrogen-bond donors (Lipinski definition) is 1. The lowest BCUT2D eigenvalue weighted by atomic mass is 10.0. The average Bonchev–Trinajstić information content (AvgIpc) is 2.60. The molecule has 1 N–H and O–H groups in total. The van der Waals surface area contributed by atoms with Crippen molar-refractivity contribution in [3.05, 3.63) is 71.3 Å². The molecule has 2 unspecified atom stereocenters. The number of alkyl halides is 3. The first-order valence-electron chi connectivity index (χ1n) is 7.85. The Kier molecular flexibility index (Phi) is 5.85. The molecule has 2 atom stereocenters. The molecule has 0 bridgehead atoms. The van der Waals surface area contributed by atoms with Gasteiger partial charge in [-0.15, -0.1) is 0 Å². The summed E-state index contributed by atoms with van der Waals surface area (Å²) < 4.78 is 38.3. The summed E-state index contributed by atoms with van der Waals surface area (Å²) in [5.74, 6) is -0.359. The van der Waals surface area contributed by atoms with Gasteiger partial charge >= 0.3 is 6.18 Å². The van der Waals surface area contributed by atoms with Crippen LogP contribution in [-0.4, -0.2) is 29.0 Å². The van der Waals surface area contributed by atoms with Crippen LogP contribution in [0, 0.1) is 0 Å². The lowest BCUT2D eigenvalue weighted by Crippen LogP contribution is -2.39. The van der Waals surface area contributed by atoms with Gasteiger partial charge in [-0.2, -0.15) is 13.2 Å². The molecule has 0 aliphatic carbocycles. The zero-order valence-corrected chi connectivity index (χ0v) is 14.0. The Morgan fingerprint density at radius 1 is 1.12 bits per heavy atom. The number of nitrogens with zero attached hydrogens (tertiary/aromatic N) is 1. The van der Waals surface area contributed by atoms with E-state index in [1.165, 1.54) is 24.1 Å². The van der Waals surface area contributed by atoms with Crippen LogP contribution < -0.4 is 0 Å². The zero-order valence-electron chi connectivity index (χ0n) is 14.0. The number of aliphatic hydroxyl groups is 1. The van der Waals surface area contributed by atoms with Gasteiger partial charge in [0.1, 0.15) is 0 Å². The first kappa shape index (κ1) is 19.0. The number of rotatable bonds is 5. The van der Waals surface area contributed by atoms with Crippen LogP contribution in [0.1, 0.15) is 29.7 Å². The second kappa shape index (κ2) is 7.70. The summed E-state index contributed by atoms with van der Waals surface area (Å²) in [6, 6.07) is 13.1. The van der Waals surface area contributed by atoms with Crippen LogP contribution in [0.3, 0.4) is 0 Å². The predicted octanol–water partition coefficient (Wildman–Crippen LogP) is 3.83. The molecule has 2 aromatic rings. The SMILES string of the molecule is CC(C(O)c1ccccc1)N(C)C(=O)Cc1cccc(C(F)(F)F)c1. The van der Waals surface area contributed by atoms with Gasteiger partial charge in [-0.25, -0.2) is 0 Å². The van der Waals surface area contributed by atoms with Gasteiger partial charge in [0.2, 0.25) is 5.91 Å². The predicted molar refractivity (Wildman–Crippen MR) is 88.8 cm³/mol. The van der Waals surface area contributed by atoms with E-state index < -0.39 is 23.9 Å². The van der Waals surface area contributed by atoms with Crippen LogP contribution in [0.4, 0.5) is 13.2 Å². The monoisotopic (exact) mass is 351 g/mol. The molecule has 134 valence electrons. The minimum absolute atomic E-state index is 0.160. The topological polar surface area (TPSA) is 40.5 Å². The van der Waals surface area contributed by atoms with E-state index in [4.69, 9.17) is 0 Å². The molecule has 0 radical (unpaired) electrons. The second-order valence-corrected chi connectivity index (χ2v) is 5.98. The molecule has 0 saturated heterocycles. The van der Waals surface area contributed by atoms with Gasteiger partial charge in [-0.05, 0) is 24.1 Å². The molecule has 0 spiro atoms. The van der Waals surface area contributed by atoms with Crippen molar-refractivity contribution in [1.82, 2.24) is 4.90 Å². The van der Waals surface area contributed by atoms with Gasteiger partial charge in [-0.1, -0.05) is 48.5 Å². The van der Waals surface area contributed by atoms with E-state index in [0.717, 1.165) is 12.1 Å². The number of carbonyl (C=O) groups excluding carboxylic acids is 1. The van der Waals surface area contributed by atoms with Crippen molar-refractivity contribution in [1.29, 1.82) is 0 Å². The van der Waals surface area contributed by atoms with Gasteiger partial charge in [-0.3, -0.25) is 4.79 Å². The Morgan fingerprint density at radius 2 is 1.76 bits per heavy atom. The maximum Gasteiger partial charge on any atom is 0.416 e. The molecule has 3 nitrogen and oxygen atoms in total. The Morgan fingerprint density at radius 3 is 2.36 bits per heavy atom. The van der Waals surface area contributed by atoms with E-state index in [-0.39, 0.29) is 17.9 Å². The number of benzene rings is 2. The summed E-state index contributed by atoms with van der Waals surface area (Å²) in [4.78, 5) is 13.7. The van der Waals surface area contributed by atoms with Crippen LogP contribution >= 0.6 is 0 Å². The first-order valence-corrected chi connectivity index (χ1v) is 7.85. The Labute approximate surface area is 144 Å². The minimum atomic E-state index is -4.44. The minimum Gasteiger partial charge on any atom is -0.386 e. The summed E-state index contributed by atoms with van der Waals surface area (Å²) in [6.07, 6.45) is -5.48. The van der Waals surface area contributed by atoms with Crippen molar-refractivity contribution in [3.8, 4) is 0 Å². The van der Waals surface area contributed by atoms with Gasteiger partial charge in [0.05, 0.1) is 24.1 Å². The van der Waals surface area contributed by atoms with Crippen molar-refractivity contribution in [2.45, 2.75) is 31.7 Å². The summed E-state index contributed by atoms with van der Waals surface area (Å²) in [5.41, 5.74) is 0.180. The number of likely N-dealkylation sites (N-methyl/N-ethyl adjacent to an activating group) is 1. The molecule has 0 heterocycles. The smallest absolute Gasteiger partial charge is 0.386 e. The third-order valence-electron chi connectivity index (χ3n) is 4.21. The van der Waals surface area contributed by atoms with Crippen LogP contribution in [0.5, 0.6) is 0 Å². The van der Waals surface area contributed by atoms with Crippen LogP contribution in [0.15, 0.2) is 54.6 Å².